The molecule has 1 amide bonds. The molecule has 1 aromatic rings. The van der Waals surface area contributed by atoms with Gasteiger partial charge in [-0.3, -0.25) is 15.0 Å². The molecular formula is C11H8N2O2. The van der Waals surface area contributed by atoms with Gasteiger partial charge in [0.25, 0.3) is 5.91 Å². The van der Waals surface area contributed by atoms with Gasteiger partial charge in [0.1, 0.15) is 0 Å². The number of rotatable bonds is 0. The Hall–Kier alpha value is -1.94. The first kappa shape index (κ1) is 8.38. The summed E-state index contributed by atoms with van der Waals surface area (Å²) in [5.74, 6) is -0.309. The first-order valence-electron chi connectivity index (χ1n) is 4.67. The van der Waals surface area contributed by atoms with Gasteiger partial charge in [-0.25, -0.2) is 0 Å². The number of carbonyl (C=O) groups excluding carboxylic acids is 1. The number of anilines is 1. The maximum Gasteiger partial charge on any atom is 0.254 e. The van der Waals surface area contributed by atoms with E-state index >= 15 is 0 Å². The molecule has 4 heteroatoms. The monoisotopic (exact) mass is 200 g/mol. The van der Waals surface area contributed by atoms with Crippen LogP contribution in [-0.2, 0) is 4.79 Å². The molecule has 1 aromatic carbocycles. The zero-order valence-electron chi connectivity index (χ0n) is 7.84. The maximum absolute atomic E-state index is 11.3. The van der Waals surface area contributed by atoms with Gasteiger partial charge >= 0.3 is 0 Å². The average Bonchev–Trinajstić information content (AvgIpc) is 2.70. The van der Waals surface area contributed by atoms with Crippen molar-refractivity contribution in [3.05, 3.63) is 34.5 Å². The second kappa shape index (κ2) is 2.77. The van der Waals surface area contributed by atoms with Crippen LogP contribution in [0.3, 0.4) is 0 Å². The third-order valence-corrected chi connectivity index (χ3v) is 2.62. The number of hydroxylamine groups is 1. The second-order valence-electron chi connectivity index (χ2n) is 3.49. The molecule has 2 aliphatic rings. The lowest BCUT2D eigenvalue weighted by Gasteiger charge is -2.20. The summed E-state index contributed by atoms with van der Waals surface area (Å²) >= 11 is 0. The molecule has 15 heavy (non-hydrogen) atoms. The molecular weight excluding hydrogens is 192 g/mol. The van der Waals surface area contributed by atoms with Crippen LogP contribution in [0.5, 0.6) is 0 Å². The molecule has 0 atom stereocenters. The summed E-state index contributed by atoms with van der Waals surface area (Å²) in [4.78, 5) is 15.5. The van der Waals surface area contributed by atoms with E-state index < -0.39 is 0 Å². The Bertz CT molecular complexity index is 602. The number of amides is 1. The van der Waals surface area contributed by atoms with Crippen LogP contribution in [0.1, 0.15) is 12.0 Å². The molecule has 2 heterocycles. The predicted octanol–water partition coefficient (Wildman–Crippen LogP) is 0.197. The van der Waals surface area contributed by atoms with Crippen LogP contribution in [0.15, 0.2) is 23.3 Å². The maximum atomic E-state index is 11.3. The lowest BCUT2D eigenvalue weighted by molar-refractivity contribution is -0.122. The van der Waals surface area contributed by atoms with Crippen LogP contribution >= 0.6 is 0 Å². The van der Waals surface area contributed by atoms with Crippen molar-refractivity contribution in [3.8, 4) is 0 Å². The van der Waals surface area contributed by atoms with E-state index in [1.165, 1.54) is 0 Å². The Morgan fingerprint density at radius 1 is 1.40 bits per heavy atom. The minimum absolute atomic E-state index is 0.239. The topological polar surface area (TPSA) is 52.9 Å². The van der Waals surface area contributed by atoms with Crippen LogP contribution < -0.4 is 15.6 Å². The summed E-state index contributed by atoms with van der Waals surface area (Å²) in [5, 5.41) is 12.1. The predicted molar refractivity (Wildman–Crippen MR) is 54.6 cm³/mol. The summed E-state index contributed by atoms with van der Waals surface area (Å²) in [7, 11) is 0. The Kier molecular flexibility index (Phi) is 1.55. The number of hydrogen-bond donors (Lipinski definition) is 1. The highest BCUT2D eigenvalue weighted by Crippen LogP contribution is 2.18. The van der Waals surface area contributed by atoms with Gasteiger partial charge in [-0.15, -0.1) is 0 Å². The van der Waals surface area contributed by atoms with Gasteiger partial charge < -0.3 is 0 Å². The van der Waals surface area contributed by atoms with Crippen LogP contribution in [-0.4, -0.2) is 11.1 Å². The van der Waals surface area contributed by atoms with E-state index in [2.05, 4.69) is 4.99 Å². The highest BCUT2D eigenvalue weighted by atomic mass is 16.5. The largest absolute Gasteiger partial charge is 0.281 e. The summed E-state index contributed by atoms with van der Waals surface area (Å²) in [5.41, 5.74) is 1.35. The first-order valence-corrected chi connectivity index (χ1v) is 4.67. The van der Waals surface area contributed by atoms with Crippen LogP contribution in [0, 0.1) is 0 Å². The zero-order chi connectivity index (χ0) is 10.4. The molecule has 2 aliphatic heterocycles. The fourth-order valence-electron chi connectivity index (χ4n) is 1.89. The number of hydrogen-bond acceptors (Lipinski definition) is 3. The number of carbonyl (C=O) groups is 1. The Morgan fingerprint density at radius 3 is 3.13 bits per heavy atom. The highest BCUT2D eigenvalue weighted by Gasteiger charge is 2.21. The molecule has 0 bridgehead atoms. The van der Waals surface area contributed by atoms with Crippen LogP contribution in [0.2, 0.25) is 0 Å². The Labute approximate surface area is 85.4 Å². The molecule has 0 saturated carbocycles. The van der Waals surface area contributed by atoms with Gasteiger partial charge in [0.15, 0.2) is 0 Å². The fraction of sp³-hybridized carbons (Fsp3) is 0.0909. The van der Waals surface area contributed by atoms with Crippen molar-refractivity contribution >= 4 is 23.7 Å². The first-order chi connectivity index (χ1) is 7.27. The Balaban J connectivity index is 2.42. The molecule has 0 aromatic heterocycles. The van der Waals surface area contributed by atoms with Crippen molar-refractivity contribution in [2.45, 2.75) is 6.42 Å². The third kappa shape index (κ3) is 1.05. The molecule has 1 N–H and O–H groups in total. The van der Waals surface area contributed by atoms with Gasteiger partial charge in [0.2, 0.25) is 0 Å². The summed E-state index contributed by atoms with van der Waals surface area (Å²) in [6, 6.07) is 3.74. The number of benzene rings is 1. The number of nitrogens with zero attached hydrogens (tertiary/aromatic N) is 2. The molecule has 0 radical (unpaired) electrons. The molecule has 3 rings (SSSR count). The van der Waals surface area contributed by atoms with E-state index in [1.54, 1.807) is 12.3 Å². The van der Waals surface area contributed by atoms with Crippen molar-refractivity contribution in [1.29, 1.82) is 0 Å². The standard InChI is InChI=1S/C11H8N2O2/c14-10-4-2-7-1-3-9-8(5-6-12-9)11(7)13(10)15/h1-3,5-6,15H,4H2. The van der Waals surface area contributed by atoms with Gasteiger partial charge in [-0.1, -0.05) is 12.1 Å². The highest BCUT2D eigenvalue weighted by molar-refractivity contribution is 5.98. The van der Waals surface area contributed by atoms with Crippen molar-refractivity contribution in [2.24, 2.45) is 4.99 Å². The smallest absolute Gasteiger partial charge is 0.254 e. The zero-order valence-corrected chi connectivity index (χ0v) is 7.84. The van der Waals surface area contributed by atoms with Crippen molar-refractivity contribution in [1.82, 2.24) is 0 Å². The van der Waals surface area contributed by atoms with Gasteiger partial charge in [0, 0.05) is 18.2 Å². The lowest BCUT2D eigenvalue weighted by atomic mass is 10.1. The minimum Gasteiger partial charge on any atom is -0.281 e. The Morgan fingerprint density at radius 2 is 2.27 bits per heavy atom. The fourth-order valence-corrected chi connectivity index (χ4v) is 1.89. The normalized spacial score (nSPS) is 16.9. The van der Waals surface area contributed by atoms with Crippen LogP contribution in [0.4, 0.5) is 5.69 Å². The molecule has 0 aliphatic carbocycles. The van der Waals surface area contributed by atoms with E-state index in [9.17, 15) is 10.0 Å². The van der Waals surface area contributed by atoms with Crippen molar-refractivity contribution < 1.29 is 10.0 Å². The van der Waals surface area contributed by atoms with Crippen molar-refractivity contribution in [2.75, 3.05) is 5.06 Å². The molecule has 0 fully saturated rings. The molecule has 4 nitrogen and oxygen atoms in total. The number of fused-ring (bicyclic) bond motifs is 3. The van der Waals surface area contributed by atoms with E-state index in [0.717, 1.165) is 21.2 Å². The van der Waals surface area contributed by atoms with Crippen molar-refractivity contribution in [3.63, 3.8) is 0 Å². The van der Waals surface area contributed by atoms with Crippen LogP contribution in [0.25, 0.3) is 12.2 Å². The SMILES string of the molecule is O=C1CC=c2ccc3c(c2N1O)C=CN=3. The van der Waals surface area contributed by atoms with E-state index in [1.807, 2.05) is 18.2 Å². The van der Waals surface area contributed by atoms with Gasteiger partial charge in [0.05, 0.1) is 11.0 Å². The minimum atomic E-state index is -0.309. The van der Waals surface area contributed by atoms with E-state index in [4.69, 9.17) is 0 Å². The molecule has 74 valence electrons. The lowest BCUT2D eigenvalue weighted by Crippen LogP contribution is -2.36. The quantitative estimate of drug-likeness (QED) is 0.608. The summed E-state index contributed by atoms with van der Waals surface area (Å²) < 4.78 is 0. The summed E-state index contributed by atoms with van der Waals surface area (Å²) in [6.07, 6.45) is 5.52. The summed E-state index contributed by atoms with van der Waals surface area (Å²) in [6.45, 7) is 0. The average molecular weight is 200 g/mol. The second-order valence-corrected chi connectivity index (χ2v) is 3.49. The third-order valence-electron chi connectivity index (χ3n) is 2.62. The van der Waals surface area contributed by atoms with Gasteiger partial charge in [-0.05, 0) is 17.4 Å². The molecule has 0 spiro atoms. The molecule has 0 unspecified atom stereocenters. The van der Waals surface area contributed by atoms with E-state index in [0.29, 0.717) is 5.69 Å². The van der Waals surface area contributed by atoms with E-state index in [-0.39, 0.29) is 12.3 Å². The molecule has 0 saturated heterocycles. The van der Waals surface area contributed by atoms with Gasteiger partial charge in [-0.2, -0.15) is 5.06 Å².